The molecule has 0 radical (unpaired) electrons. The molecule has 0 unspecified atom stereocenters. The molecule has 1 atom stereocenters. The molecule has 0 aliphatic heterocycles. The number of carbonyl (C=O) groups is 1. The quantitative estimate of drug-likeness (QED) is 0.453. The molecule has 1 amide bonds. The van der Waals surface area contributed by atoms with Crippen molar-refractivity contribution in [3.63, 3.8) is 0 Å². The van der Waals surface area contributed by atoms with Gasteiger partial charge in [-0.25, -0.2) is 9.37 Å². The average molecular weight is 470 g/mol. The minimum atomic E-state index is -0.498. The van der Waals surface area contributed by atoms with Crippen LogP contribution >= 0.6 is 11.6 Å². The van der Waals surface area contributed by atoms with Crippen LogP contribution in [0.3, 0.4) is 0 Å². The van der Waals surface area contributed by atoms with Gasteiger partial charge in [0.05, 0.1) is 5.69 Å². The molecule has 33 heavy (non-hydrogen) atoms. The summed E-state index contributed by atoms with van der Waals surface area (Å²) in [7, 11) is 3.66. The number of rotatable bonds is 9. The summed E-state index contributed by atoms with van der Waals surface area (Å²) in [6, 6.07) is 14.8. The molecule has 174 valence electrons. The van der Waals surface area contributed by atoms with Crippen LogP contribution in [0.1, 0.15) is 25.8 Å². The van der Waals surface area contributed by atoms with Gasteiger partial charge in [0.1, 0.15) is 17.7 Å². The molecular formula is C25H29ClFN5O. The number of hydrogen-bond donors (Lipinski definition) is 2. The predicted molar refractivity (Wildman–Crippen MR) is 132 cm³/mol. The van der Waals surface area contributed by atoms with E-state index in [0.717, 1.165) is 5.56 Å². The second-order valence-corrected chi connectivity index (χ2v) is 8.95. The highest BCUT2D eigenvalue weighted by Gasteiger charge is 2.21. The zero-order chi connectivity index (χ0) is 24.0. The first-order valence-corrected chi connectivity index (χ1v) is 11.2. The van der Waals surface area contributed by atoms with Gasteiger partial charge in [-0.2, -0.15) is 4.98 Å². The van der Waals surface area contributed by atoms with Crippen LogP contribution in [0.5, 0.6) is 0 Å². The summed E-state index contributed by atoms with van der Waals surface area (Å²) in [5, 5.41) is 6.91. The number of nitrogens with one attached hydrogen (secondary N) is 2. The maximum Gasteiger partial charge on any atom is 0.242 e. The monoisotopic (exact) mass is 469 g/mol. The fourth-order valence-electron chi connectivity index (χ4n) is 3.30. The Hall–Kier alpha value is -3.19. The Morgan fingerprint density at radius 1 is 1.09 bits per heavy atom. The van der Waals surface area contributed by atoms with E-state index in [0.29, 0.717) is 41.0 Å². The third kappa shape index (κ3) is 7.15. The van der Waals surface area contributed by atoms with Crippen LogP contribution in [0, 0.1) is 11.7 Å². The molecular weight excluding hydrogens is 441 g/mol. The molecule has 0 aliphatic carbocycles. The minimum Gasteiger partial charge on any atom is -0.358 e. The highest BCUT2D eigenvalue weighted by molar-refractivity contribution is 6.30. The van der Waals surface area contributed by atoms with E-state index in [1.54, 1.807) is 35.2 Å². The second-order valence-electron chi connectivity index (χ2n) is 8.51. The molecule has 0 saturated carbocycles. The van der Waals surface area contributed by atoms with E-state index in [1.807, 2.05) is 26.2 Å². The van der Waals surface area contributed by atoms with Crippen molar-refractivity contribution in [2.45, 2.75) is 32.9 Å². The number of carbonyl (C=O) groups excluding carboxylic acids is 1. The van der Waals surface area contributed by atoms with Crippen molar-refractivity contribution >= 4 is 29.3 Å². The van der Waals surface area contributed by atoms with Crippen molar-refractivity contribution in [3.05, 3.63) is 71.0 Å². The Kier molecular flexibility index (Phi) is 8.22. The number of aromatic nitrogens is 2. The SMILES string of the molecule is CC(C)C[C@@H](Nc1cc(-c2cccc(F)c2)nc(N(C)C)n1)C(=O)NCc1ccc(Cl)cc1. The Morgan fingerprint density at radius 3 is 2.45 bits per heavy atom. The first kappa shape index (κ1) is 24.5. The molecule has 1 heterocycles. The fraction of sp³-hybridized carbons (Fsp3) is 0.320. The Bertz CT molecular complexity index is 1090. The number of hydrogen-bond acceptors (Lipinski definition) is 5. The van der Waals surface area contributed by atoms with Crippen molar-refractivity contribution < 1.29 is 9.18 Å². The third-order valence-corrected chi connectivity index (χ3v) is 5.21. The second kappa shape index (κ2) is 11.1. The lowest BCUT2D eigenvalue weighted by molar-refractivity contribution is -0.122. The Labute approximate surface area is 199 Å². The van der Waals surface area contributed by atoms with Crippen LogP contribution in [0.25, 0.3) is 11.3 Å². The summed E-state index contributed by atoms with van der Waals surface area (Å²) in [4.78, 5) is 23.9. The largest absolute Gasteiger partial charge is 0.358 e. The third-order valence-electron chi connectivity index (χ3n) is 4.96. The molecule has 0 aliphatic rings. The molecule has 0 spiro atoms. The van der Waals surface area contributed by atoms with Crippen molar-refractivity contribution in [2.75, 3.05) is 24.3 Å². The molecule has 8 heteroatoms. The zero-order valence-corrected chi connectivity index (χ0v) is 20.0. The smallest absolute Gasteiger partial charge is 0.242 e. The van der Waals surface area contributed by atoms with Crippen molar-refractivity contribution in [2.24, 2.45) is 5.92 Å². The maximum absolute atomic E-state index is 13.8. The van der Waals surface area contributed by atoms with Crippen LogP contribution in [-0.2, 0) is 11.3 Å². The number of nitrogens with zero attached hydrogens (tertiary/aromatic N) is 3. The van der Waals surface area contributed by atoms with Crippen molar-refractivity contribution in [1.82, 2.24) is 15.3 Å². The summed E-state index contributed by atoms with van der Waals surface area (Å²) in [6.07, 6.45) is 0.614. The van der Waals surface area contributed by atoms with E-state index in [-0.39, 0.29) is 17.6 Å². The summed E-state index contributed by atoms with van der Waals surface area (Å²) < 4.78 is 13.8. The molecule has 3 rings (SSSR count). The molecule has 3 aromatic rings. The molecule has 2 N–H and O–H groups in total. The van der Waals surface area contributed by atoms with Gasteiger partial charge in [0, 0.05) is 37.3 Å². The molecule has 1 aromatic heterocycles. The number of anilines is 2. The summed E-state index contributed by atoms with van der Waals surface area (Å²) in [5.41, 5.74) is 2.16. The Balaban J connectivity index is 1.83. The van der Waals surface area contributed by atoms with E-state index < -0.39 is 6.04 Å². The van der Waals surface area contributed by atoms with Crippen LogP contribution in [0.4, 0.5) is 16.2 Å². The predicted octanol–water partition coefficient (Wildman–Crippen LogP) is 5.15. The van der Waals surface area contributed by atoms with Gasteiger partial charge in [-0.3, -0.25) is 4.79 Å². The highest BCUT2D eigenvalue weighted by atomic mass is 35.5. The minimum absolute atomic E-state index is 0.129. The van der Waals surface area contributed by atoms with Crippen LogP contribution in [0.2, 0.25) is 5.02 Å². The van der Waals surface area contributed by atoms with Crippen molar-refractivity contribution in [3.8, 4) is 11.3 Å². The first-order valence-electron chi connectivity index (χ1n) is 10.8. The van der Waals surface area contributed by atoms with Crippen LogP contribution in [-0.4, -0.2) is 36.0 Å². The molecule has 0 saturated heterocycles. The summed E-state index contributed by atoms with van der Waals surface area (Å²) in [6.45, 7) is 4.52. The van der Waals surface area contributed by atoms with Gasteiger partial charge < -0.3 is 15.5 Å². The van der Waals surface area contributed by atoms with Crippen LogP contribution in [0.15, 0.2) is 54.6 Å². The van der Waals surface area contributed by atoms with E-state index >= 15 is 0 Å². The lowest BCUT2D eigenvalue weighted by Crippen LogP contribution is -2.40. The zero-order valence-electron chi connectivity index (χ0n) is 19.3. The molecule has 6 nitrogen and oxygen atoms in total. The van der Waals surface area contributed by atoms with E-state index in [2.05, 4.69) is 34.4 Å². The lowest BCUT2D eigenvalue weighted by atomic mass is 10.0. The van der Waals surface area contributed by atoms with E-state index in [1.165, 1.54) is 12.1 Å². The van der Waals surface area contributed by atoms with Gasteiger partial charge in [0.15, 0.2) is 0 Å². The van der Waals surface area contributed by atoms with Gasteiger partial charge >= 0.3 is 0 Å². The summed E-state index contributed by atoms with van der Waals surface area (Å²) >= 11 is 5.94. The fourth-order valence-corrected chi connectivity index (χ4v) is 3.43. The number of amides is 1. The summed E-state index contributed by atoms with van der Waals surface area (Å²) in [5.74, 6) is 0.772. The standard InChI is InChI=1S/C25H29ClFN5O/c1-16(2)12-22(24(33)28-15-17-8-10-19(26)11-9-17)29-23-14-21(30-25(31-23)32(3)4)18-6-5-7-20(27)13-18/h5-11,13-14,16,22H,12,15H2,1-4H3,(H,28,33)(H,29,30,31)/t22-/m1/s1. The molecule has 0 bridgehead atoms. The Morgan fingerprint density at radius 2 is 1.82 bits per heavy atom. The number of benzene rings is 2. The lowest BCUT2D eigenvalue weighted by Gasteiger charge is -2.22. The van der Waals surface area contributed by atoms with Gasteiger partial charge in [0.25, 0.3) is 0 Å². The molecule has 2 aromatic carbocycles. The van der Waals surface area contributed by atoms with Gasteiger partial charge in [-0.05, 0) is 42.2 Å². The number of halogens is 2. The van der Waals surface area contributed by atoms with Gasteiger partial charge in [0.2, 0.25) is 11.9 Å². The molecule has 0 fully saturated rings. The maximum atomic E-state index is 13.8. The van der Waals surface area contributed by atoms with Crippen LogP contribution < -0.4 is 15.5 Å². The normalized spacial score (nSPS) is 11.8. The average Bonchev–Trinajstić information content (AvgIpc) is 2.77. The van der Waals surface area contributed by atoms with E-state index in [9.17, 15) is 9.18 Å². The van der Waals surface area contributed by atoms with E-state index in [4.69, 9.17) is 11.6 Å². The highest BCUT2D eigenvalue weighted by Crippen LogP contribution is 2.24. The van der Waals surface area contributed by atoms with Gasteiger partial charge in [-0.15, -0.1) is 0 Å². The topological polar surface area (TPSA) is 70.2 Å². The van der Waals surface area contributed by atoms with Gasteiger partial charge in [-0.1, -0.05) is 49.7 Å². The van der Waals surface area contributed by atoms with Crippen molar-refractivity contribution in [1.29, 1.82) is 0 Å². The first-order chi connectivity index (χ1) is 15.7.